The second-order valence-corrected chi connectivity index (χ2v) is 7.46. The summed E-state index contributed by atoms with van der Waals surface area (Å²) in [4.78, 5) is 30.2. The monoisotopic (exact) mass is 378 g/mol. The summed E-state index contributed by atoms with van der Waals surface area (Å²) in [7, 11) is 0. The van der Waals surface area contributed by atoms with E-state index in [0.717, 1.165) is 54.4 Å². The van der Waals surface area contributed by atoms with Gasteiger partial charge in [0.15, 0.2) is 0 Å². The van der Waals surface area contributed by atoms with E-state index in [1.165, 1.54) is 5.56 Å². The van der Waals surface area contributed by atoms with E-state index in [2.05, 4.69) is 22.5 Å². The van der Waals surface area contributed by atoms with Gasteiger partial charge in [0.05, 0.1) is 5.57 Å². The predicted molar refractivity (Wildman–Crippen MR) is 111 cm³/mol. The molecule has 4 rings (SSSR count). The number of fused-ring (bicyclic) bond motifs is 1. The molecular weight excluding hydrogens is 352 g/mol. The third-order valence-corrected chi connectivity index (χ3v) is 5.69. The normalized spacial score (nSPS) is 17.7. The minimum Gasteiger partial charge on any atom is -0.359 e. The first kappa shape index (κ1) is 18.5. The summed E-state index contributed by atoms with van der Waals surface area (Å²) in [5.74, 6) is 0.133. The second-order valence-electron chi connectivity index (χ2n) is 7.46. The van der Waals surface area contributed by atoms with E-state index >= 15 is 0 Å². The lowest BCUT2D eigenvalue weighted by molar-refractivity contribution is -0.131. The van der Waals surface area contributed by atoms with Crippen molar-refractivity contribution in [1.29, 1.82) is 0 Å². The van der Waals surface area contributed by atoms with E-state index in [1.807, 2.05) is 42.2 Å². The number of nitrogens with one attached hydrogen (secondary N) is 3. The molecule has 6 nitrogen and oxygen atoms in total. The first-order valence-electron chi connectivity index (χ1n) is 9.83. The van der Waals surface area contributed by atoms with Gasteiger partial charge in [-0.15, -0.1) is 0 Å². The lowest BCUT2D eigenvalue weighted by atomic mass is 10.0. The van der Waals surface area contributed by atoms with Gasteiger partial charge in [0, 0.05) is 55.2 Å². The van der Waals surface area contributed by atoms with Crippen molar-refractivity contribution < 1.29 is 9.59 Å². The number of amides is 2. The molecule has 0 bridgehead atoms. The zero-order chi connectivity index (χ0) is 19.7. The predicted octanol–water partition coefficient (Wildman–Crippen LogP) is 2.49. The number of H-pyrrole nitrogens is 1. The molecule has 1 aromatic heterocycles. The number of nitrogens with zero attached hydrogens (tertiary/aromatic N) is 1. The van der Waals surface area contributed by atoms with E-state index in [4.69, 9.17) is 0 Å². The minimum atomic E-state index is -0.0803. The largest absolute Gasteiger partial charge is 0.359 e. The third-order valence-electron chi connectivity index (χ3n) is 5.69. The number of carbonyl (C=O) groups excluding carboxylic acids is 2. The third kappa shape index (κ3) is 3.47. The van der Waals surface area contributed by atoms with Crippen molar-refractivity contribution in [3.63, 3.8) is 0 Å². The average Bonchev–Trinajstić information content (AvgIpc) is 3.16. The first-order valence-corrected chi connectivity index (χ1v) is 9.83. The Morgan fingerprint density at radius 3 is 2.71 bits per heavy atom. The molecule has 1 saturated heterocycles. The van der Waals surface area contributed by atoms with Crippen molar-refractivity contribution in [3.8, 4) is 0 Å². The molecule has 1 aromatic carbocycles. The number of aryl methyl sites for hydroxylation is 1. The quantitative estimate of drug-likeness (QED) is 0.716. The van der Waals surface area contributed by atoms with Crippen LogP contribution in [0.4, 0.5) is 5.69 Å². The van der Waals surface area contributed by atoms with Crippen LogP contribution in [0.3, 0.4) is 0 Å². The highest BCUT2D eigenvalue weighted by atomic mass is 16.2. The molecule has 0 radical (unpaired) electrons. The van der Waals surface area contributed by atoms with Crippen molar-refractivity contribution in [2.75, 3.05) is 31.5 Å². The van der Waals surface area contributed by atoms with Crippen LogP contribution in [-0.4, -0.2) is 47.9 Å². The van der Waals surface area contributed by atoms with E-state index < -0.39 is 0 Å². The molecule has 6 heteroatoms. The van der Waals surface area contributed by atoms with E-state index in [1.54, 1.807) is 0 Å². The van der Waals surface area contributed by atoms with Crippen molar-refractivity contribution in [1.82, 2.24) is 15.2 Å². The maximum atomic E-state index is 12.5. The summed E-state index contributed by atoms with van der Waals surface area (Å²) in [6, 6.07) is 7.72. The lowest BCUT2D eigenvalue weighted by Crippen LogP contribution is -2.46. The Kier molecular flexibility index (Phi) is 5.05. The van der Waals surface area contributed by atoms with Crippen molar-refractivity contribution in [3.05, 3.63) is 52.3 Å². The van der Waals surface area contributed by atoms with Gasteiger partial charge in [-0.25, -0.2) is 0 Å². The van der Waals surface area contributed by atoms with Gasteiger partial charge < -0.3 is 20.5 Å². The molecule has 2 aliphatic heterocycles. The van der Waals surface area contributed by atoms with Gasteiger partial charge in [0.2, 0.25) is 5.91 Å². The van der Waals surface area contributed by atoms with Gasteiger partial charge in [0.1, 0.15) is 0 Å². The number of anilines is 1. The fourth-order valence-corrected chi connectivity index (χ4v) is 4.07. The first-order chi connectivity index (χ1) is 13.5. The van der Waals surface area contributed by atoms with Crippen LogP contribution in [0.15, 0.2) is 24.3 Å². The zero-order valence-corrected chi connectivity index (χ0v) is 16.4. The Morgan fingerprint density at radius 2 is 1.93 bits per heavy atom. The molecule has 2 aromatic rings. The Balaban J connectivity index is 1.53. The molecule has 0 saturated carbocycles. The number of aromatic amines is 1. The van der Waals surface area contributed by atoms with Crippen LogP contribution in [0.25, 0.3) is 11.6 Å². The molecule has 0 spiro atoms. The molecule has 0 unspecified atom stereocenters. The minimum absolute atomic E-state index is 0.0803. The highest BCUT2D eigenvalue weighted by Gasteiger charge is 2.24. The van der Waals surface area contributed by atoms with Gasteiger partial charge in [0.25, 0.3) is 5.91 Å². The molecule has 3 heterocycles. The Bertz CT molecular complexity index is 951. The number of benzene rings is 1. The number of hydrogen-bond donors (Lipinski definition) is 3. The highest BCUT2D eigenvalue weighted by Crippen LogP contribution is 2.33. The van der Waals surface area contributed by atoms with E-state index in [0.29, 0.717) is 18.4 Å². The number of para-hydroxylation sites is 1. The van der Waals surface area contributed by atoms with Gasteiger partial charge in [-0.2, -0.15) is 0 Å². The van der Waals surface area contributed by atoms with Crippen LogP contribution in [0.5, 0.6) is 0 Å². The summed E-state index contributed by atoms with van der Waals surface area (Å²) >= 11 is 0. The van der Waals surface area contributed by atoms with E-state index in [9.17, 15) is 9.59 Å². The van der Waals surface area contributed by atoms with Crippen LogP contribution in [0.2, 0.25) is 0 Å². The summed E-state index contributed by atoms with van der Waals surface area (Å²) in [6.45, 7) is 7.40. The van der Waals surface area contributed by atoms with E-state index in [-0.39, 0.29) is 11.8 Å². The lowest BCUT2D eigenvalue weighted by Gasteiger charge is -2.27. The van der Waals surface area contributed by atoms with Crippen molar-refractivity contribution >= 4 is 29.2 Å². The zero-order valence-electron chi connectivity index (χ0n) is 16.4. The molecule has 2 aliphatic rings. The van der Waals surface area contributed by atoms with Gasteiger partial charge in [-0.05, 0) is 43.5 Å². The fraction of sp³-hybridized carbons (Fsp3) is 0.364. The second kappa shape index (κ2) is 7.64. The standard InChI is InChI=1S/C22H26N4O2/c1-14-16(7-8-21(27)26-11-9-23-10-12-26)15(2)24-20(14)13-18-17-5-3-4-6-19(17)25-22(18)28/h3-6,13,23-24H,7-12H2,1-2H3,(H,25,28)/b18-13-. The summed E-state index contributed by atoms with van der Waals surface area (Å²) in [6.07, 6.45) is 3.15. The number of hydrogen-bond acceptors (Lipinski definition) is 3. The Labute approximate surface area is 165 Å². The van der Waals surface area contributed by atoms with Crippen LogP contribution < -0.4 is 10.6 Å². The van der Waals surface area contributed by atoms with Gasteiger partial charge >= 0.3 is 0 Å². The number of carbonyl (C=O) groups is 2. The maximum absolute atomic E-state index is 12.5. The van der Waals surface area contributed by atoms with Crippen LogP contribution in [-0.2, 0) is 16.0 Å². The topological polar surface area (TPSA) is 77.2 Å². The summed E-state index contributed by atoms with van der Waals surface area (Å²) in [5, 5.41) is 6.18. The molecule has 3 N–H and O–H groups in total. The maximum Gasteiger partial charge on any atom is 0.256 e. The molecule has 0 atom stereocenters. The van der Waals surface area contributed by atoms with Crippen molar-refractivity contribution in [2.45, 2.75) is 26.7 Å². The molecule has 146 valence electrons. The highest BCUT2D eigenvalue weighted by molar-refractivity contribution is 6.34. The smallest absolute Gasteiger partial charge is 0.256 e. The Morgan fingerprint density at radius 1 is 1.18 bits per heavy atom. The summed E-state index contributed by atoms with van der Waals surface area (Å²) < 4.78 is 0. The summed E-state index contributed by atoms with van der Waals surface area (Å²) in [5.41, 5.74) is 6.71. The SMILES string of the molecule is Cc1[nH]c(/C=C2\C(=O)Nc3ccccc32)c(C)c1CCC(=O)N1CCNCC1. The van der Waals surface area contributed by atoms with Crippen LogP contribution in [0, 0.1) is 13.8 Å². The molecule has 1 fully saturated rings. The van der Waals surface area contributed by atoms with Crippen LogP contribution in [0.1, 0.15) is 34.5 Å². The van der Waals surface area contributed by atoms with Gasteiger partial charge in [-0.3, -0.25) is 9.59 Å². The molecule has 0 aliphatic carbocycles. The average molecular weight is 378 g/mol. The van der Waals surface area contributed by atoms with Crippen molar-refractivity contribution in [2.24, 2.45) is 0 Å². The molecule has 2 amide bonds. The van der Waals surface area contributed by atoms with Gasteiger partial charge in [-0.1, -0.05) is 18.2 Å². The molecular formula is C22H26N4O2. The Hall–Kier alpha value is -2.86. The number of piperazine rings is 1. The number of aromatic nitrogens is 1. The molecule has 28 heavy (non-hydrogen) atoms. The fourth-order valence-electron chi connectivity index (χ4n) is 4.07. The van der Waals surface area contributed by atoms with Crippen LogP contribution >= 0.6 is 0 Å². The number of rotatable bonds is 4.